The number of hydrogen-bond acceptors (Lipinski definition) is 5. The van der Waals surface area contributed by atoms with Crippen molar-refractivity contribution in [1.82, 2.24) is 0 Å². The van der Waals surface area contributed by atoms with Crippen LogP contribution >= 0.6 is 0 Å². The molecule has 6 nitrogen and oxygen atoms in total. The van der Waals surface area contributed by atoms with E-state index in [1.165, 1.54) is 7.11 Å². The summed E-state index contributed by atoms with van der Waals surface area (Å²) in [5.41, 5.74) is 5.65. The van der Waals surface area contributed by atoms with Crippen LogP contribution in [0.3, 0.4) is 0 Å². The van der Waals surface area contributed by atoms with E-state index in [9.17, 15) is 9.59 Å². The second kappa shape index (κ2) is 5.38. The number of anilines is 1. The molecule has 1 saturated heterocycles. The number of rotatable bonds is 4. The molecule has 1 aromatic carbocycles. The minimum atomic E-state index is -0.691. The van der Waals surface area contributed by atoms with Crippen LogP contribution in [0.1, 0.15) is 10.4 Å². The Morgan fingerprint density at radius 1 is 1.42 bits per heavy atom. The molecular weight excluding hydrogens is 248 g/mol. The van der Waals surface area contributed by atoms with Crippen LogP contribution < -0.4 is 11.1 Å². The van der Waals surface area contributed by atoms with Crippen molar-refractivity contribution >= 4 is 17.6 Å². The monoisotopic (exact) mass is 264 g/mol. The van der Waals surface area contributed by atoms with Gasteiger partial charge < -0.3 is 20.5 Å². The van der Waals surface area contributed by atoms with Gasteiger partial charge in [0.1, 0.15) is 5.41 Å². The first-order valence-electron chi connectivity index (χ1n) is 5.89. The van der Waals surface area contributed by atoms with Crippen LogP contribution in [-0.4, -0.2) is 38.7 Å². The van der Waals surface area contributed by atoms with Gasteiger partial charge in [0.25, 0.3) is 0 Å². The van der Waals surface area contributed by atoms with E-state index in [1.807, 2.05) is 0 Å². The number of nitrogens with one attached hydrogen (secondary N) is 1. The van der Waals surface area contributed by atoms with Crippen molar-refractivity contribution in [3.05, 3.63) is 29.8 Å². The molecule has 0 atom stereocenters. The van der Waals surface area contributed by atoms with Crippen molar-refractivity contribution in [2.45, 2.75) is 0 Å². The molecule has 102 valence electrons. The van der Waals surface area contributed by atoms with E-state index in [-0.39, 0.29) is 12.5 Å². The Morgan fingerprint density at radius 2 is 2.11 bits per heavy atom. The van der Waals surface area contributed by atoms with Gasteiger partial charge in [0.15, 0.2) is 0 Å². The molecule has 2 rings (SSSR count). The molecule has 1 fully saturated rings. The number of benzene rings is 1. The zero-order valence-corrected chi connectivity index (χ0v) is 10.6. The molecule has 0 radical (unpaired) electrons. The number of methoxy groups -OCH3 is 1. The van der Waals surface area contributed by atoms with Crippen molar-refractivity contribution in [3.8, 4) is 0 Å². The number of para-hydroxylation sites is 1. The molecule has 0 bridgehead atoms. The third-order valence-electron chi connectivity index (χ3n) is 3.21. The molecule has 0 unspecified atom stereocenters. The van der Waals surface area contributed by atoms with Crippen molar-refractivity contribution in [2.75, 3.05) is 32.2 Å². The molecule has 0 spiro atoms. The molecule has 1 aliphatic heterocycles. The Balaban J connectivity index is 2.19. The van der Waals surface area contributed by atoms with Gasteiger partial charge in [0, 0.05) is 6.54 Å². The quantitative estimate of drug-likeness (QED) is 0.767. The fourth-order valence-electron chi connectivity index (χ4n) is 1.83. The number of ether oxygens (including phenoxy) is 2. The Kier molecular flexibility index (Phi) is 3.82. The van der Waals surface area contributed by atoms with Crippen molar-refractivity contribution in [2.24, 2.45) is 11.1 Å². The van der Waals surface area contributed by atoms with E-state index in [2.05, 4.69) is 10.1 Å². The second-order valence-corrected chi connectivity index (χ2v) is 4.47. The smallest absolute Gasteiger partial charge is 0.339 e. The van der Waals surface area contributed by atoms with Gasteiger partial charge in [-0.25, -0.2) is 4.79 Å². The summed E-state index contributed by atoms with van der Waals surface area (Å²) in [6.07, 6.45) is 0. The molecule has 1 amide bonds. The fraction of sp³-hybridized carbons (Fsp3) is 0.385. The highest BCUT2D eigenvalue weighted by Crippen LogP contribution is 2.28. The van der Waals surface area contributed by atoms with E-state index >= 15 is 0 Å². The van der Waals surface area contributed by atoms with Gasteiger partial charge >= 0.3 is 5.97 Å². The Labute approximate surface area is 110 Å². The lowest BCUT2D eigenvalue weighted by molar-refractivity contribution is -0.153. The van der Waals surface area contributed by atoms with Crippen molar-refractivity contribution < 1.29 is 19.1 Å². The predicted octanol–water partition coefficient (Wildman–Crippen LogP) is 0.387. The Hall–Kier alpha value is -1.92. The summed E-state index contributed by atoms with van der Waals surface area (Å²) >= 11 is 0. The maximum Gasteiger partial charge on any atom is 0.339 e. The van der Waals surface area contributed by atoms with Crippen LogP contribution in [0, 0.1) is 5.41 Å². The number of esters is 1. The van der Waals surface area contributed by atoms with Gasteiger partial charge in [0.2, 0.25) is 5.91 Å². The summed E-state index contributed by atoms with van der Waals surface area (Å²) in [6, 6.07) is 6.67. The van der Waals surface area contributed by atoms with E-state index in [4.69, 9.17) is 10.5 Å². The first-order valence-corrected chi connectivity index (χ1v) is 5.89. The van der Waals surface area contributed by atoms with Gasteiger partial charge in [-0.2, -0.15) is 0 Å². The second-order valence-electron chi connectivity index (χ2n) is 4.47. The van der Waals surface area contributed by atoms with E-state index in [0.29, 0.717) is 24.5 Å². The van der Waals surface area contributed by atoms with Gasteiger partial charge in [0.05, 0.1) is 31.6 Å². The van der Waals surface area contributed by atoms with E-state index in [0.717, 1.165) is 0 Å². The summed E-state index contributed by atoms with van der Waals surface area (Å²) in [4.78, 5) is 23.8. The number of amides is 1. The highest BCUT2D eigenvalue weighted by molar-refractivity contribution is 6.03. The van der Waals surface area contributed by atoms with Crippen LogP contribution in [0.25, 0.3) is 0 Å². The summed E-state index contributed by atoms with van der Waals surface area (Å²) in [5, 5.41) is 2.72. The Bertz CT molecular complexity index is 492. The highest BCUT2D eigenvalue weighted by atomic mass is 16.5. The predicted molar refractivity (Wildman–Crippen MR) is 68.7 cm³/mol. The minimum Gasteiger partial charge on any atom is -0.465 e. The summed E-state index contributed by atoms with van der Waals surface area (Å²) in [5.74, 6) is -0.736. The normalized spacial score (nSPS) is 16.3. The topological polar surface area (TPSA) is 90.7 Å². The van der Waals surface area contributed by atoms with Crippen LogP contribution in [0.4, 0.5) is 5.69 Å². The van der Waals surface area contributed by atoms with Gasteiger partial charge in [-0.05, 0) is 12.1 Å². The lowest BCUT2D eigenvalue weighted by atomic mass is 9.85. The van der Waals surface area contributed by atoms with Crippen LogP contribution in [0.2, 0.25) is 0 Å². The molecule has 0 saturated carbocycles. The lowest BCUT2D eigenvalue weighted by Crippen LogP contribution is -2.56. The van der Waals surface area contributed by atoms with Crippen LogP contribution in [0.15, 0.2) is 24.3 Å². The molecule has 1 aromatic rings. The fourth-order valence-corrected chi connectivity index (χ4v) is 1.83. The molecule has 19 heavy (non-hydrogen) atoms. The standard InChI is InChI=1S/C13H16N2O4/c1-18-11(16)9-4-2-3-5-10(9)15-12(17)13(6-14)7-19-8-13/h2-5H,6-8,14H2,1H3,(H,15,17). The van der Waals surface area contributed by atoms with Crippen LogP contribution in [0.5, 0.6) is 0 Å². The van der Waals surface area contributed by atoms with Gasteiger partial charge in [-0.3, -0.25) is 4.79 Å². The number of hydrogen-bond donors (Lipinski definition) is 2. The van der Waals surface area contributed by atoms with Crippen molar-refractivity contribution in [1.29, 1.82) is 0 Å². The molecule has 0 aromatic heterocycles. The summed E-state index contributed by atoms with van der Waals surface area (Å²) in [6.45, 7) is 0.810. The number of carbonyl (C=O) groups is 2. The van der Waals surface area contributed by atoms with E-state index < -0.39 is 11.4 Å². The average molecular weight is 264 g/mol. The number of nitrogens with two attached hydrogens (primary N) is 1. The zero-order chi connectivity index (χ0) is 13.9. The van der Waals surface area contributed by atoms with Gasteiger partial charge in [-0.1, -0.05) is 12.1 Å². The highest BCUT2D eigenvalue weighted by Gasteiger charge is 2.44. The minimum absolute atomic E-state index is 0.208. The first kappa shape index (κ1) is 13.5. The molecule has 6 heteroatoms. The van der Waals surface area contributed by atoms with Crippen molar-refractivity contribution in [3.63, 3.8) is 0 Å². The number of carbonyl (C=O) groups excluding carboxylic acids is 2. The van der Waals surface area contributed by atoms with Crippen LogP contribution in [-0.2, 0) is 14.3 Å². The third kappa shape index (κ3) is 2.45. The van der Waals surface area contributed by atoms with Gasteiger partial charge in [-0.15, -0.1) is 0 Å². The largest absolute Gasteiger partial charge is 0.465 e. The Morgan fingerprint density at radius 3 is 2.63 bits per heavy atom. The molecule has 0 aliphatic carbocycles. The SMILES string of the molecule is COC(=O)c1ccccc1NC(=O)C1(CN)COC1. The zero-order valence-electron chi connectivity index (χ0n) is 10.6. The molecule has 1 heterocycles. The summed E-state index contributed by atoms with van der Waals surface area (Å²) < 4.78 is 9.73. The first-order chi connectivity index (χ1) is 9.13. The maximum atomic E-state index is 12.2. The third-order valence-corrected chi connectivity index (χ3v) is 3.21. The average Bonchev–Trinajstić information content (AvgIpc) is 2.38. The molecule has 1 aliphatic rings. The summed E-state index contributed by atoms with van der Waals surface area (Å²) in [7, 11) is 1.29. The van der Waals surface area contributed by atoms with E-state index in [1.54, 1.807) is 24.3 Å². The molecular formula is C13H16N2O4. The molecule has 3 N–H and O–H groups in total. The maximum absolute atomic E-state index is 12.2. The lowest BCUT2D eigenvalue weighted by Gasteiger charge is -2.38.